The Morgan fingerprint density at radius 2 is 1.74 bits per heavy atom. The minimum atomic E-state index is -0.817. The molecule has 8 nitrogen and oxygen atoms in total. The number of methoxy groups -OCH3 is 1. The predicted molar refractivity (Wildman–Crippen MR) is 156 cm³/mol. The van der Waals surface area contributed by atoms with Crippen molar-refractivity contribution >= 4 is 34.5 Å². The van der Waals surface area contributed by atoms with E-state index < -0.39 is 17.6 Å². The molecule has 2 aliphatic rings. The van der Waals surface area contributed by atoms with E-state index in [0.29, 0.717) is 33.1 Å². The van der Waals surface area contributed by atoms with Crippen LogP contribution in [0.3, 0.4) is 0 Å². The van der Waals surface area contributed by atoms with Gasteiger partial charge in [0.25, 0.3) is 11.5 Å². The molecule has 1 atom stereocenters. The van der Waals surface area contributed by atoms with Crippen LogP contribution in [0.25, 0.3) is 5.57 Å². The zero-order valence-electron chi connectivity index (χ0n) is 23.1. The number of hydrogen-bond acceptors (Lipinski definition) is 7. The number of carbonyl (C=O) groups is 2. The quantitative estimate of drug-likeness (QED) is 0.322. The Morgan fingerprint density at radius 1 is 1.02 bits per heavy atom. The van der Waals surface area contributed by atoms with E-state index >= 15 is 0 Å². The molecule has 0 spiro atoms. The number of hydrogen-bond donors (Lipinski definition) is 0. The highest BCUT2D eigenvalue weighted by Crippen LogP contribution is 2.37. The molecule has 1 aromatic heterocycles. The van der Waals surface area contributed by atoms with Gasteiger partial charge in [-0.3, -0.25) is 14.2 Å². The van der Waals surface area contributed by atoms with Crippen LogP contribution in [0, 0.1) is 5.82 Å². The summed E-state index contributed by atoms with van der Waals surface area (Å²) < 4.78 is 25.9. The minimum absolute atomic E-state index is 0.161. The van der Waals surface area contributed by atoms with E-state index in [-0.39, 0.29) is 40.6 Å². The molecule has 1 unspecified atom stereocenters. The van der Waals surface area contributed by atoms with E-state index in [2.05, 4.69) is 4.99 Å². The lowest BCUT2D eigenvalue weighted by Gasteiger charge is -2.24. The number of fused-ring (bicyclic) bond motifs is 2. The topological polar surface area (TPSA) is 90.2 Å². The average molecular weight is 584 g/mol. The van der Waals surface area contributed by atoms with Gasteiger partial charge in [0.05, 0.1) is 48.8 Å². The van der Waals surface area contributed by atoms with Crippen LogP contribution >= 0.6 is 11.3 Å². The van der Waals surface area contributed by atoms with E-state index in [1.165, 1.54) is 16.7 Å². The van der Waals surface area contributed by atoms with Gasteiger partial charge in [0.15, 0.2) is 4.80 Å². The molecule has 0 saturated heterocycles. The number of ether oxygens (including phenoxy) is 2. The van der Waals surface area contributed by atoms with Crippen LogP contribution in [-0.2, 0) is 20.9 Å². The van der Waals surface area contributed by atoms with Crippen LogP contribution < -0.4 is 24.5 Å². The number of nitrogens with zero attached hydrogens (tertiary/aromatic N) is 3. The van der Waals surface area contributed by atoms with Crippen molar-refractivity contribution in [2.24, 2.45) is 4.99 Å². The smallest absolute Gasteiger partial charge is 0.338 e. The lowest BCUT2D eigenvalue weighted by molar-refractivity contribution is -0.139. The summed E-state index contributed by atoms with van der Waals surface area (Å²) in [6.45, 7) is 3.80. The number of halogens is 1. The summed E-state index contributed by atoms with van der Waals surface area (Å²) in [6.07, 6.45) is 0. The molecule has 6 rings (SSSR count). The highest BCUT2D eigenvalue weighted by atomic mass is 32.1. The molecular weight excluding hydrogens is 557 g/mol. The monoisotopic (exact) mass is 583 g/mol. The molecule has 3 heterocycles. The van der Waals surface area contributed by atoms with Crippen molar-refractivity contribution in [3.05, 3.63) is 126 Å². The van der Waals surface area contributed by atoms with Crippen LogP contribution in [0.1, 0.15) is 36.6 Å². The Kier molecular flexibility index (Phi) is 7.07. The third-order valence-corrected chi connectivity index (χ3v) is 8.38. The van der Waals surface area contributed by atoms with Crippen LogP contribution in [0.5, 0.6) is 5.75 Å². The number of anilines is 1. The molecule has 0 aliphatic carbocycles. The van der Waals surface area contributed by atoms with Gasteiger partial charge in [-0.1, -0.05) is 53.8 Å². The molecule has 2 aliphatic heterocycles. The summed E-state index contributed by atoms with van der Waals surface area (Å²) in [6, 6.07) is 19.5. The second-order valence-corrected chi connectivity index (χ2v) is 10.8. The van der Waals surface area contributed by atoms with Gasteiger partial charge >= 0.3 is 5.97 Å². The summed E-state index contributed by atoms with van der Waals surface area (Å²) in [5, 5.41) is 0. The van der Waals surface area contributed by atoms with E-state index in [9.17, 15) is 18.8 Å². The van der Waals surface area contributed by atoms with Gasteiger partial charge in [0.2, 0.25) is 0 Å². The number of allylic oxidation sites excluding steroid dienone is 1. The Morgan fingerprint density at radius 3 is 2.43 bits per heavy atom. The molecule has 0 fully saturated rings. The summed E-state index contributed by atoms with van der Waals surface area (Å²) in [5.74, 6) is -0.642. The Hall–Kier alpha value is -4.83. The average Bonchev–Trinajstić information content (AvgIpc) is 3.45. The van der Waals surface area contributed by atoms with Gasteiger partial charge < -0.3 is 14.4 Å². The first-order chi connectivity index (χ1) is 20.3. The van der Waals surface area contributed by atoms with E-state index in [4.69, 9.17) is 9.47 Å². The van der Waals surface area contributed by atoms with Crippen LogP contribution in [0.4, 0.5) is 10.1 Å². The Bertz CT molecular complexity index is 1940. The molecule has 10 heteroatoms. The van der Waals surface area contributed by atoms with Crippen molar-refractivity contribution in [2.45, 2.75) is 26.4 Å². The number of benzene rings is 3. The zero-order chi connectivity index (χ0) is 29.5. The van der Waals surface area contributed by atoms with E-state index in [1.807, 2.05) is 24.3 Å². The molecular formula is C32H26FN3O5S. The molecule has 212 valence electrons. The normalized spacial score (nSPS) is 17.1. The fourth-order valence-electron chi connectivity index (χ4n) is 5.37. The maximum Gasteiger partial charge on any atom is 0.338 e. The highest BCUT2D eigenvalue weighted by molar-refractivity contribution is 7.07. The van der Waals surface area contributed by atoms with Gasteiger partial charge in [-0.2, -0.15) is 0 Å². The fourth-order valence-corrected chi connectivity index (χ4v) is 6.51. The second-order valence-electron chi connectivity index (χ2n) is 9.81. The number of esters is 1. The maximum absolute atomic E-state index is 14.3. The van der Waals surface area contributed by atoms with Crippen molar-refractivity contribution in [3.63, 3.8) is 0 Å². The van der Waals surface area contributed by atoms with Crippen LogP contribution in [0.15, 0.2) is 93.9 Å². The Balaban J connectivity index is 1.56. The number of para-hydroxylation sites is 1. The molecule has 42 heavy (non-hydrogen) atoms. The maximum atomic E-state index is 14.3. The van der Waals surface area contributed by atoms with Crippen molar-refractivity contribution in [1.29, 1.82) is 0 Å². The molecule has 0 N–H and O–H groups in total. The highest BCUT2D eigenvalue weighted by Gasteiger charge is 2.37. The Labute approximate surface area is 244 Å². The number of amides is 1. The SMILES string of the molecule is CCOC(=O)C1=C(C)N=c2s/c(=C3\C(=O)N(Cc4ccc(F)cc4)c4ccccc43)c(=O)n2C1c1ccc(OC)cc1. The molecule has 4 aromatic rings. The van der Waals surface area contributed by atoms with Gasteiger partial charge in [-0.05, 0) is 55.3 Å². The number of rotatable bonds is 6. The first kappa shape index (κ1) is 27.3. The molecule has 0 saturated carbocycles. The summed E-state index contributed by atoms with van der Waals surface area (Å²) in [4.78, 5) is 48.0. The van der Waals surface area contributed by atoms with Crippen molar-refractivity contribution in [1.82, 2.24) is 4.57 Å². The molecule has 0 radical (unpaired) electrons. The van der Waals surface area contributed by atoms with E-state index in [0.717, 1.165) is 16.9 Å². The second kappa shape index (κ2) is 10.9. The third kappa shape index (κ3) is 4.53. The third-order valence-electron chi connectivity index (χ3n) is 7.33. The van der Waals surface area contributed by atoms with E-state index in [1.54, 1.807) is 62.3 Å². The summed E-state index contributed by atoms with van der Waals surface area (Å²) >= 11 is 1.11. The molecule has 3 aromatic carbocycles. The van der Waals surface area contributed by atoms with Gasteiger partial charge in [-0.25, -0.2) is 14.2 Å². The zero-order valence-corrected chi connectivity index (χ0v) is 23.9. The number of aromatic nitrogens is 1. The first-order valence-corrected chi connectivity index (χ1v) is 14.2. The van der Waals surface area contributed by atoms with Crippen LogP contribution in [0.2, 0.25) is 0 Å². The minimum Gasteiger partial charge on any atom is -0.497 e. The standard InChI is InChI=1S/C32H26FN3O5S/c1-4-41-31(39)25-18(2)34-32-36(27(25)20-11-15-22(40-3)16-12-20)30(38)28(42-32)26-23-7-5-6-8-24(23)35(29(26)37)17-19-9-13-21(33)14-10-19/h5-16,27H,4,17H2,1-3H3/b28-26-. The van der Waals surface area contributed by atoms with Crippen molar-refractivity contribution < 1.29 is 23.5 Å². The van der Waals surface area contributed by atoms with Gasteiger partial charge in [0.1, 0.15) is 16.1 Å². The summed E-state index contributed by atoms with van der Waals surface area (Å²) in [5.41, 5.74) is 3.21. The molecule has 1 amide bonds. The summed E-state index contributed by atoms with van der Waals surface area (Å²) in [7, 11) is 1.56. The lowest BCUT2D eigenvalue weighted by atomic mass is 9.96. The number of thiazole rings is 1. The number of carbonyl (C=O) groups excluding carboxylic acids is 2. The first-order valence-electron chi connectivity index (χ1n) is 13.3. The fraction of sp³-hybridized carbons (Fsp3) is 0.188. The van der Waals surface area contributed by atoms with Gasteiger partial charge in [-0.15, -0.1) is 0 Å². The van der Waals surface area contributed by atoms with Gasteiger partial charge in [0, 0.05) is 5.56 Å². The largest absolute Gasteiger partial charge is 0.497 e. The lowest BCUT2D eigenvalue weighted by Crippen LogP contribution is -2.41. The van der Waals surface area contributed by atoms with Crippen molar-refractivity contribution in [2.75, 3.05) is 18.6 Å². The predicted octanol–water partition coefficient (Wildman–Crippen LogP) is 3.86. The van der Waals surface area contributed by atoms with Crippen LogP contribution in [-0.4, -0.2) is 30.2 Å². The van der Waals surface area contributed by atoms with Crippen molar-refractivity contribution in [3.8, 4) is 5.75 Å². The molecule has 0 bridgehead atoms.